The van der Waals surface area contributed by atoms with Gasteiger partial charge in [0.15, 0.2) is 0 Å². The highest BCUT2D eigenvalue weighted by Crippen LogP contribution is 2.31. The predicted octanol–water partition coefficient (Wildman–Crippen LogP) is 2.45. The van der Waals surface area contributed by atoms with Crippen LogP contribution in [0.4, 0.5) is 5.69 Å². The van der Waals surface area contributed by atoms with Crippen LogP contribution in [0.2, 0.25) is 0 Å². The van der Waals surface area contributed by atoms with E-state index in [0.717, 1.165) is 17.0 Å². The number of hydrogen-bond donors (Lipinski definition) is 2. The zero-order chi connectivity index (χ0) is 18.6. The summed E-state index contributed by atoms with van der Waals surface area (Å²) in [6.45, 7) is 0.493. The molecule has 1 aromatic heterocycles. The minimum Gasteiger partial charge on any atom is -0.493 e. The largest absolute Gasteiger partial charge is 0.493 e. The van der Waals surface area contributed by atoms with Gasteiger partial charge in [0.2, 0.25) is 0 Å². The second-order valence-electron chi connectivity index (χ2n) is 6.16. The molecule has 0 aliphatic carbocycles. The summed E-state index contributed by atoms with van der Waals surface area (Å²) in [7, 11) is 0. The molecule has 136 valence electrons. The van der Waals surface area contributed by atoms with E-state index in [1.165, 1.54) is 6.20 Å². The molecule has 0 bridgehead atoms. The number of carbonyl (C=O) groups is 2. The van der Waals surface area contributed by atoms with E-state index in [-0.39, 0.29) is 6.04 Å². The first kappa shape index (κ1) is 16.8. The lowest BCUT2D eigenvalue weighted by atomic mass is 10.0. The van der Waals surface area contributed by atoms with E-state index < -0.39 is 11.8 Å². The van der Waals surface area contributed by atoms with Crippen molar-refractivity contribution in [2.24, 2.45) is 0 Å². The molecule has 0 radical (unpaired) electrons. The van der Waals surface area contributed by atoms with Gasteiger partial charge in [0, 0.05) is 12.0 Å². The number of nitrogens with zero attached hydrogens (tertiary/aromatic N) is 2. The molecule has 0 saturated heterocycles. The maximum atomic E-state index is 12.3. The average molecular weight is 362 g/mol. The maximum Gasteiger partial charge on any atom is 0.313 e. The first-order valence-corrected chi connectivity index (χ1v) is 8.64. The number of anilines is 1. The highest BCUT2D eigenvalue weighted by Gasteiger charge is 2.25. The summed E-state index contributed by atoms with van der Waals surface area (Å²) in [6, 6.07) is 16.7. The number of carbonyl (C=O) groups excluding carboxylic acids is 2. The summed E-state index contributed by atoms with van der Waals surface area (Å²) in [5, 5.41) is 9.55. The maximum absolute atomic E-state index is 12.3. The minimum absolute atomic E-state index is 0.250. The molecule has 4 rings (SSSR count). The Morgan fingerprint density at radius 3 is 2.67 bits per heavy atom. The van der Waals surface area contributed by atoms with Crippen molar-refractivity contribution in [3.05, 3.63) is 72.6 Å². The summed E-state index contributed by atoms with van der Waals surface area (Å²) < 4.78 is 7.20. The Bertz CT molecular complexity index is 968. The van der Waals surface area contributed by atoms with Gasteiger partial charge in [-0.25, -0.2) is 4.68 Å². The Morgan fingerprint density at radius 2 is 1.81 bits per heavy atom. The highest BCUT2D eigenvalue weighted by atomic mass is 16.5. The lowest BCUT2D eigenvalue weighted by Crippen LogP contribution is -2.39. The van der Waals surface area contributed by atoms with E-state index in [0.29, 0.717) is 18.7 Å². The summed E-state index contributed by atoms with van der Waals surface area (Å²) in [6.07, 6.45) is 3.77. The van der Waals surface area contributed by atoms with E-state index in [9.17, 15) is 9.59 Å². The molecule has 7 nitrogen and oxygen atoms in total. The molecule has 2 amide bonds. The van der Waals surface area contributed by atoms with Crippen LogP contribution in [0.3, 0.4) is 0 Å². The minimum atomic E-state index is -0.730. The fraction of sp³-hybridized carbons (Fsp3) is 0.150. The topological polar surface area (TPSA) is 85.2 Å². The van der Waals surface area contributed by atoms with Crippen LogP contribution in [0.15, 0.2) is 67.0 Å². The van der Waals surface area contributed by atoms with Gasteiger partial charge in [0.25, 0.3) is 0 Å². The smallest absolute Gasteiger partial charge is 0.313 e. The van der Waals surface area contributed by atoms with Crippen molar-refractivity contribution < 1.29 is 14.3 Å². The molecule has 0 fully saturated rings. The molecule has 0 saturated carbocycles. The SMILES string of the molecule is O=C(Nc1cnn(-c2ccccc2)c1)C(=O)NC1CCOc2ccccc21. The molecule has 7 heteroatoms. The number of rotatable bonds is 3. The molecule has 3 aromatic rings. The fourth-order valence-electron chi connectivity index (χ4n) is 3.01. The first-order chi connectivity index (χ1) is 13.2. The first-order valence-electron chi connectivity index (χ1n) is 8.64. The second kappa shape index (κ2) is 7.33. The van der Waals surface area contributed by atoms with Crippen molar-refractivity contribution in [3.8, 4) is 11.4 Å². The van der Waals surface area contributed by atoms with Crippen molar-refractivity contribution >= 4 is 17.5 Å². The molecule has 1 unspecified atom stereocenters. The fourth-order valence-corrected chi connectivity index (χ4v) is 3.01. The third kappa shape index (κ3) is 3.67. The molecule has 27 heavy (non-hydrogen) atoms. The summed E-state index contributed by atoms with van der Waals surface area (Å²) in [5.41, 5.74) is 2.19. The van der Waals surface area contributed by atoms with E-state index in [2.05, 4.69) is 15.7 Å². The van der Waals surface area contributed by atoms with Crippen LogP contribution in [-0.4, -0.2) is 28.2 Å². The van der Waals surface area contributed by atoms with Crippen LogP contribution >= 0.6 is 0 Å². The zero-order valence-electron chi connectivity index (χ0n) is 14.5. The normalized spacial score (nSPS) is 15.3. The number of amides is 2. The third-order valence-corrected chi connectivity index (χ3v) is 4.33. The van der Waals surface area contributed by atoms with Crippen LogP contribution in [0.5, 0.6) is 5.75 Å². The number of nitrogens with one attached hydrogen (secondary N) is 2. The number of fused-ring (bicyclic) bond motifs is 1. The monoisotopic (exact) mass is 362 g/mol. The van der Waals surface area contributed by atoms with Crippen molar-refractivity contribution in [3.63, 3.8) is 0 Å². The van der Waals surface area contributed by atoms with Crippen molar-refractivity contribution in [1.29, 1.82) is 0 Å². The lowest BCUT2D eigenvalue weighted by molar-refractivity contribution is -0.136. The van der Waals surface area contributed by atoms with Crippen LogP contribution in [0.25, 0.3) is 5.69 Å². The Balaban J connectivity index is 1.41. The Hall–Kier alpha value is -3.61. The Kier molecular flexibility index (Phi) is 4.57. The number of ether oxygens (including phenoxy) is 1. The lowest BCUT2D eigenvalue weighted by Gasteiger charge is -2.26. The Labute approximate surface area is 156 Å². The molecule has 0 spiro atoms. The number of aromatic nitrogens is 2. The second-order valence-corrected chi connectivity index (χ2v) is 6.16. The average Bonchev–Trinajstić information content (AvgIpc) is 3.17. The predicted molar refractivity (Wildman–Crippen MR) is 99.6 cm³/mol. The van der Waals surface area contributed by atoms with Crippen LogP contribution in [0.1, 0.15) is 18.0 Å². The van der Waals surface area contributed by atoms with Crippen LogP contribution < -0.4 is 15.4 Å². The van der Waals surface area contributed by atoms with Crippen LogP contribution in [-0.2, 0) is 9.59 Å². The van der Waals surface area contributed by atoms with Gasteiger partial charge in [0.05, 0.1) is 36.4 Å². The van der Waals surface area contributed by atoms with E-state index in [1.807, 2.05) is 54.6 Å². The molecule has 1 atom stereocenters. The van der Waals surface area contributed by atoms with Gasteiger partial charge >= 0.3 is 11.8 Å². The molecule has 1 aliphatic heterocycles. The summed E-state index contributed by atoms with van der Waals surface area (Å²) in [5.74, 6) is -0.686. The van der Waals surface area contributed by atoms with Gasteiger partial charge in [-0.05, 0) is 18.2 Å². The third-order valence-electron chi connectivity index (χ3n) is 4.33. The Morgan fingerprint density at radius 1 is 1.04 bits per heavy atom. The van der Waals surface area contributed by atoms with Gasteiger partial charge in [-0.1, -0.05) is 36.4 Å². The standard InChI is InChI=1S/C20H18N4O3/c25-19(22-14-12-21-24(13-14)15-6-2-1-3-7-15)20(26)23-17-10-11-27-18-9-5-4-8-16(17)18/h1-9,12-13,17H,10-11H2,(H,22,25)(H,23,26). The van der Waals surface area contributed by atoms with Gasteiger partial charge in [-0.3, -0.25) is 9.59 Å². The zero-order valence-corrected chi connectivity index (χ0v) is 14.5. The molecule has 2 aromatic carbocycles. The van der Waals surface area contributed by atoms with Crippen molar-refractivity contribution in [1.82, 2.24) is 15.1 Å². The van der Waals surface area contributed by atoms with Gasteiger partial charge in [0.1, 0.15) is 5.75 Å². The van der Waals surface area contributed by atoms with Crippen LogP contribution in [0, 0.1) is 0 Å². The van der Waals surface area contributed by atoms with Gasteiger partial charge < -0.3 is 15.4 Å². The van der Waals surface area contributed by atoms with E-state index >= 15 is 0 Å². The molecule has 2 heterocycles. The number of para-hydroxylation sites is 2. The molecule has 1 aliphatic rings. The number of benzene rings is 2. The van der Waals surface area contributed by atoms with Crippen molar-refractivity contribution in [2.45, 2.75) is 12.5 Å². The van der Waals surface area contributed by atoms with E-state index in [1.54, 1.807) is 10.9 Å². The molecule has 2 N–H and O–H groups in total. The molecular weight excluding hydrogens is 344 g/mol. The quantitative estimate of drug-likeness (QED) is 0.701. The summed E-state index contributed by atoms with van der Waals surface area (Å²) in [4.78, 5) is 24.6. The van der Waals surface area contributed by atoms with Gasteiger partial charge in [-0.2, -0.15) is 5.10 Å². The summed E-state index contributed by atoms with van der Waals surface area (Å²) >= 11 is 0. The molecular formula is C20H18N4O3. The number of hydrogen-bond acceptors (Lipinski definition) is 4. The van der Waals surface area contributed by atoms with Crippen molar-refractivity contribution in [2.75, 3.05) is 11.9 Å². The highest BCUT2D eigenvalue weighted by molar-refractivity contribution is 6.39. The van der Waals surface area contributed by atoms with E-state index in [4.69, 9.17) is 4.74 Å². The van der Waals surface area contributed by atoms with Gasteiger partial charge in [-0.15, -0.1) is 0 Å².